The second kappa shape index (κ2) is 19.6. The van der Waals surface area contributed by atoms with Gasteiger partial charge < -0.3 is 120 Å². The molecule has 18 N–H and O–H groups in total. The average molecular weight is 1050 g/mol. The van der Waals surface area contributed by atoms with E-state index < -0.39 is 205 Å². The van der Waals surface area contributed by atoms with E-state index in [1.165, 1.54) is 0 Å². The maximum atomic E-state index is 13.9. The van der Waals surface area contributed by atoms with Gasteiger partial charge in [0.15, 0.2) is 87.3 Å². The van der Waals surface area contributed by atoms with Crippen LogP contribution in [0.3, 0.4) is 0 Å². The number of carbonyl (C=O) groups is 3. The van der Waals surface area contributed by atoms with E-state index in [4.69, 9.17) is 28.4 Å². The van der Waals surface area contributed by atoms with E-state index in [1.54, 1.807) is 0 Å². The third-order valence-electron chi connectivity index (χ3n) is 11.8. The van der Waals surface area contributed by atoms with Gasteiger partial charge in [0.2, 0.25) is 6.29 Å². The number of fused-ring (bicyclic) bond motifs is 1. The van der Waals surface area contributed by atoms with E-state index in [0.717, 1.165) is 36.4 Å². The predicted molar refractivity (Wildman–Crippen MR) is 240 cm³/mol. The van der Waals surface area contributed by atoms with E-state index in [-0.39, 0.29) is 5.56 Å². The average Bonchev–Trinajstić information content (AvgIpc) is 3.34. The van der Waals surface area contributed by atoms with Crippen molar-refractivity contribution in [3.05, 3.63) is 106 Å². The van der Waals surface area contributed by atoms with Crippen LogP contribution < -0.4 is 9.47 Å². The van der Waals surface area contributed by atoms with Crippen LogP contribution in [-0.4, -0.2) is 153 Å². The maximum absolute atomic E-state index is 13.9. The van der Waals surface area contributed by atoms with Crippen LogP contribution in [0.1, 0.15) is 59.8 Å². The summed E-state index contributed by atoms with van der Waals surface area (Å²) in [6.07, 6.45) is -14.6. The number of carbonyl (C=O) groups excluding carboxylic acids is 3. The summed E-state index contributed by atoms with van der Waals surface area (Å²) in [5.74, 6) is -22.7. The highest BCUT2D eigenvalue weighted by Crippen LogP contribution is 2.56. The van der Waals surface area contributed by atoms with E-state index in [0.29, 0.717) is 36.4 Å². The van der Waals surface area contributed by atoms with Gasteiger partial charge in [-0.2, -0.15) is 0 Å². The highest BCUT2D eigenvalue weighted by Gasteiger charge is 2.51. The van der Waals surface area contributed by atoms with Crippen molar-refractivity contribution in [2.45, 2.75) is 48.8 Å². The lowest BCUT2D eigenvalue weighted by Crippen LogP contribution is -2.61. The number of hydrogen-bond donors (Lipinski definition) is 18. The number of benzene rings is 6. The second-order valence-electron chi connectivity index (χ2n) is 16.7. The van der Waals surface area contributed by atoms with Gasteiger partial charge in [-0.05, 0) is 48.5 Å². The first-order valence-electron chi connectivity index (χ1n) is 21.4. The van der Waals surface area contributed by atoms with Gasteiger partial charge >= 0.3 is 17.9 Å². The van der Waals surface area contributed by atoms with Crippen molar-refractivity contribution in [3.63, 3.8) is 0 Å². The van der Waals surface area contributed by atoms with Crippen molar-refractivity contribution in [3.8, 4) is 103 Å². The minimum absolute atomic E-state index is 0.364. The van der Waals surface area contributed by atoms with Crippen LogP contribution in [-0.2, 0) is 18.9 Å². The standard InChI is InChI=1S/C48H40O27/c49-18-9-20(50)33(21(51)10-18)35-34-22(52)11-19(12-31(34)72-42(14-1-23(53)36(61)24(54)2-14)43(35)74-46(68)16-5-27(57)38(63)28(58)6-16)71-48-44(75-47(69)17-7-29(59)39(64)30(60)8-17)41(66)40(65)32(73-48)13-70-45(67)15-3-25(55)37(62)26(56)4-15/h1-12,32,35,40-44,48-66H,13H2. The number of ether oxygens (including phenoxy) is 6. The van der Waals surface area contributed by atoms with Crippen molar-refractivity contribution >= 4 is 17.9 Å². The van der Waals surface area contributed by atoms with Crippen molar-refractivity contribution in [2.75, 3.05) is 6.61 Å². The van der Waals surface area contributed by atoms with Gasteiger partial charge in [-0.15, -0.1) is 0 Å². The number of phenols is 16. The Morgan fingerprint density at radius 2 is 0.867 bits per heavy atom. The normalized spacial score (nSPS) is 21.0. The summed E-state index contributed by atoms with van der Waals surface area (Å²) >= 11 is 0. The molecule has 27 heteroatoms. The molecule has 0 saturated carbocycles. The van der Waals surface area contributed by atoms with Gasteiger partial charge in [-0.1, -0.05) is 0 Å². The van der Waals surface area contributed by atoms with Crippen molar-refractivity contribution in [1.29, 1.82) is 0 Å². The minimum Gasteiger partial charge on any atom is -0.508 e. The molecule has 8 rings (SSSR count). The summed E-state index contributed by atoms with van der Waals surface area (Å²) in [6, 6.07) is 8.86. The molecule has 0 radical (unpaired) electrons. The monoisotopic (exact) mass is 1050 g/mol. The fraction of sp³-hybridized carbons (Fsp3) is 0.188. The Morgan fingerprint density at radius 3 is 1.33 bits per heavy atom. The quantitative estimate of drug-likeness (QED) is 0.0503. The van der Waals surface area contributed by atoms with E-state index in [2.05, 4.69) is 0 Å². The first kappa shape index (κ1) is 51.4. The molecule has 394 valence electrons. The molecule has 2 aliphatic rings. The van der Waals surface area contributed by atoms with Crippen molar-refractivity contribution < 1.29 is 135 Å². The van der Waals surface area contributed by atoms with E-state index in [9.17, 15) is 106 Å². The lowest BCUT2D eigenvalue weighted by Gasteiger charge is -2.42. The molecule has 1 saturated heterocycles. The molecule has 27 nitrogen and oxygen atoms in total. The number of hydrogen-bond acceptors (Lipinski definition) is 27. The second-order valence-corrected chi connectivity index (χ2v) is 16.7. The van der Waals surface area contributed by atoms with E-state index >= 15 is 0 Å². The number of phenolic OH excluding ortho intramolecular Hbond substituents is 16. The van der Waals surface area contributed by atoms with Crippen LogP contribution in [0.25, 0.3) is 0 Å². The molecule has 0 spiro atoms. The largest absolute Gasteiger partial charge is 0.508 e. The number of aliphatic hydroxyl groups is 2. The van der Waals surface area contributed by atoms with Crippen LogP contribution in [0.5, 0.6) is 103 Å². The molecule has 6 aromatic rings. The van der Waals surface area contributed by atoms with Crippen molar-refractivity contribution in [1.82, 2.24) is 0 Å². The lowest BCUT2D eigenvalue weighted by molar-refractivity contribution is -0.276. The fourth-order valence-electron chi connectivity index (χ4n) is 8.21. The number of aromatic hydroxyl groups is 16. The Morgan fingerprint density at radius 1 is 0.453 bits per heavy atom. The molecular formula is C48H40O27. The summed E-state index contributed by atoms with van der Waals surface area (Å²) in [6.45, 7) is -0.989. The summed E-state index contributed by atoms with van der Waals surface area (Å²) in [4.78, 5) is 40.4. The Balaban J connectivity index is 1.23. The van der Waals surface area contributed by atoms with Gasteiger partial charge in [-0.25, -0.2) is 14.4 Å². The van der Waals surface area contributed by atoms with E-state index in [1.807, 2.05) is 0 Å². The third kappa shape index (κ3) is 9.73. The Kier molecular flexibility index (Phi) is 13.4. The third-order valence-corrected chi connectivity index (χ3v) is 11.8. The SMILES string of the molecule is O=C(OCC1OC(Oc2cc(O)c3c(c2)OC(c2cc(O)c(O)c(O)c2)C(OC(=O)c2cc(O)c(O)c(O)c2)C3c2c(O)cc(O)cc2O)C(OC(=O)c2cc(O)c(O)c(O)c2)C(O)C1O)c1cc(O)c(O)c(O)c1. The molecule has 0 aliphatic carbocycles. The number of aliphatic hydroxyl groups excluding tert-OH is 2. The lowest BCUT2D eigenvalue weighted by atomic mass is 9.78. The molecule has 0 amide bonds. The van der Waals surface area contributed by atoms with Gasteiger partial charge in [0.1, 0.15) is 59.4 Å². The number of esters is 3. The smallest absolute Gasteiger partial charge is 0.339 e. The summed E-state index contributed by atoms with van der Waals surface area (Å²) < 4.78 is 34.5. The Hall–Kier alpha value is -9.99. The van der Waals surface area contributed by atoms with Crippen LogP contribution >= 0.6 is 0 Å². The fourth-order valence-corrected chi connectivity index (χ4v) is 8.21. The summed E-state index contributed by atoms with van der Waals surface area (Å²) in [5, 5.41) is 189. The minimum atomic E-state index is -2.28. The molecular weight excluding hydrogens is 1010 g/mol. The van der Waals surface area contributed by atoms with Crippen LogP contribution in [0.15, 0.2) is 72.8 Å². The predicted octanol–water partition coefficient (Wildman–Crippen LogP) is 2.38. The highest BCUT2D eigenvalue weighted by atomic mass is 16.7. The molecule has 6 aromatic carbocycles. The molecule has 2 heterocycles. The first-order chi connectivity index (χ1) is 35.3. The number of rotatable bonds is 11. The molecule has 8 atom stereocenters. The Labute approximate surface area is 417 Å². The Bertz CT molecular complexity index is 3160. The molecule has 1 fully saturated rings. The van der Waals surface area contributed by atoms with Gasteiger partial charge in [-0.3, -0.25) is 0 Å². The van der Waals surface area contributed by atoms with Crippen LogP contribution in [0.4, 0.5) is 0 Å². The highest BCUT2D eigenvalue weighted by molar-refractivity contribution is 5.92. The van der Waals surface area contributed by atoms with Gasteiger partial charge in [0.05, 0.1) is 22.6 Å². The first-order valence-corrected chi connectivity index (χ1v) is 21.4. The zero-order valence-electron chi connectivity index (χ0n) is 37.5. The topological polar surface area (TPSA) is 471 Å². The molecule has 2 aliphatic heterocycles. The summed E-state index contributed by atoms with van der Waals surface area (Å²) in [5.41, 5.74) is -3.31. The van der Waals surface area contributed by atoms with Crippen molar-refractivity contribution in [2.24, 2.45) is 0 Å². The molecule has 0 aromatic heterocycles. The molecule has 75 heavy (non-hydrogen) atoms. The zero-order valence-corrected chi connectivity index (χ0v) is 37.5. The van der Waals surface area contributed by atoms with Crippen LogP contribution in [0, 0.1) is 0 Å². The van der Waals surface area contributed by atoms with Gasteiger partial charge in [0, 0.05) is 41.0 Å². The van der Waals surface area contributed by atoms with Crippen LogP contribution in [0.2, 0.25) is 0 Å². The van der Waals surface area contributed by atoms with Gasteiger partial charge in [0.25, 0.3) is 0 Å². The molecule has 8 unspecified atom stereocenters. The summed E-state index contributed by atoms with van der Waals surface area (Å²) in [7, 11) is 0. The molecule has 0 bridgehead atoms. The maximum Gasteiger partial charge on any atom is 0.339 e. The zero-order chi connectivity index (χ0) is 54.6.